The molecule has 0 aliphatic heterocycles. The van der Waals surface area contributed by atoms with E-state index in [2.05, 4.69) is 20.8 Å². The van der Waals surface area contributed by atoms with Crippen LogP contribution in [-0.4, -0.2) is 50.8 Å². The molecule has 1 fully saturated rings. The first-order valence-corrected chi connectivity index (χ1v) is 11.5. The monoisotopic (exact) mass is 450 g/mol. The molecule has 4 rings (SSSR count). The predicted molar refractivity (Wildman–Crippen MR) is 125 cm³/mol. The lowest BCUT2D eigenvalue weighted by molar-refractivity contribution is -0.137. The predicted octanol–water partition coefficient (Wildman–Crippen LogP) is 4.10. The van der Waals surface area contributed by atoms with Crippen LogP contribution in [0.1, 0.15) is 51.3 Å². The molecule has 9 heteroatoms. The van der Waals surface area contributed by atoms with Crippen molar-refractivity contribution in [2.24, 2.45) is 0 Å². The number of nitrogens with one attached hydrogen (secondary N) is 1. The summed E-state index contributed by atoms with van der Waals surface area (Å²) in [6.07, 6.45) is 4.69. The van der Waals surface area contributed by atoms with Crippen LogP contribution in [0, 0.1) is 0 Å². The largest absolute Gasteiger partial charge is 0.447 e. The van der Waals surface area contributed by atoms with Gasteiger partial charge < -0.3 is 9.64 Å². The second-order valence-electron chi connectivity index (χ2n) is 8.41. The number of benzene rings is 2. The summed E-state index contributed by atoms with van der Waals surface area (Å²) in [6, 6.07) is 13.6. The Morgan fingerprint density at radius 3 is 2.67 bits per heavy atom. The molecule has 1 saturated carbocycles. The minimum Gasteiger partial charge on any atom is -0.447 e. The maximum absolute atomic E-state index is 12.6. The number of amides is 2. The Morgan fingerprint density at radius 2 is 1.88 bits per heavy atom. The van der Waals surface area contributed by atoms with Gasteiger partial charge in [0.25, 0.3) is 0 Å². The molecule has 0 bridgehead atoms. The maximum atomic E-state index is 12.6. The number of aromatic nitrogens is 4. The average molecular weight is 451 g/mol. The number of ether oxygens (including phenoxy) is 1. The van der Waals surface area contributed by atoms with Gasteiger partial charge in [0, 0.05) is 18.9 Å². The Labute approximate surface area is 193 Å². The molecule has 0 unspecified atom stereocenters. The fraction of sp³-hybridized carbons (Fsp3) is 0.458. The number of carbonyl (C=O) groups excluding carboxylic acids is 2. The Kier molecular flexibility index (Phi) is 6.86. The molecule has 9 nitrogen and oxygen atoms in total. The van der Waals surface area contributed by atoms with Crippen LogP contribution in [0.5, 0.6) is 0 Å². The van der Waals surface area contributed by atoms with Crippen LogP contribution in [0.2, 0.25) is 0 Å². The maximum Gasteiger partial charge on any atom is 0.411 e. The van der Waals surface area contributed by atoms with E-state index in [0.29, 0.717) is 24.5 Å². The number of hydrogen-bond acceptors (Lipinski definition) is 6. The fourth-order valence-corrected chi connectivity index (χ4v) is 4.72. The van der Waals surface area contributed by atoms with Gasteiger partial charge in [-0.1, -0.05) is 62.6 Å². The molecule has 174 valence electrons. The number of rotatable bonds is 7. The molecule has 0 radical (unpaired) electrons. The number of anilines is 1. The SMILES string of the molecule is CCC(=O)N(C)C1(c2nnnn2CCOC(=O)Nc2cccc3ccccc23)CCCCC1. The van der Waals surface area contributed by atoms with Crippen molar-refractivity contribution in [1.82, 2.24) is 25.1 Å². The zero-order valence-corrected chi connectivity index (χ0v) is 19.2. The van der Waals surface area contributed by atoms with Crippen molar-refractivity contribution in [2.45, 2.75) is 57.5 Å². The second-order valence-corrected chi connectivity index (χ2v) is 8.41. The van der Waals surface area contributed by atoms with Gasteiger partial charge in [-0.25, -0.2) is 9.48 Å². The summed E-state index contributed by atoms with van der Waals surface area (Å²) >= 11 is 0. The van der Waals surface area contributed by atoms with E-state index in [9.17, 15) is 9.59 Å². The summed E-state index contributed by atoms with van der Waals surface area (Å²) in [5.41, 5.74) is 0.169. The summed E-state index contributed by atoms with van der Waals surface area (Å²) in [5, 5.41) is 17.1. The summed E-state index contributed by atoms with van der Waals surface area (Å²) in [4.78, 5) is 26.8. The molecule has 1 N–H and O–H groups in total. The van der Waals surface area contributed by atoms with Gasteiger partial charge in [-0.15, -0.1) is 5.10 Å². The first kappa shape index (κ1) is 22.7. The van der Waals surface area contributed by atoms with E-state index in [-0.39, 0.29) is 12.5 Å². The van der Waals surface area contributed by atoms with Gasteiger partial charge >= 0.3 is 6.09 Å². The van der Waals surface area contributed by atoms with E-state index in [1.54, 1.807) is 4.68 Å². The number of fused-ring (bicyclic) bond motifs is 1. The lowest BCUT2D eigenvalue weighted by Crippen LogP contribution is -2.50. The third kappa shape index (κ3) is 4.67. The van der Waals surface area contributed by atoms with Crippen molar-refractivity contribution in [3.05, 3.63) is 48.3 Å². The Bertz CT molecular complexity index is 1120. The molecule has 1 aliphatic carbocycles. The first-order chi connectivity index (χ1) is 16.0. The molecular formula is C24H30N6O3. The topological polar surface area (TPSA) is 102 Å². The first-order valence-electron chi connectivity index (χ1n) is 11.5. The van der Waals surface area contributed by atoms with Gasteiger partial charge in [0.2, 0.25) is 5.91 Å². The minimum atomic E-state index is -0.536. The van der Waals surface area contributed by atoms with E-state index in [0.717, 1.165) is 42.9 Å². The van der Waals surface area contributed by atoms with Crippen LogP contribution in [0.3, 0.4) is 0 Å². The molecule has 1 heterocycles. The van der Waals surface area contributed by atoms with E-state index in [4.69, 9.17) is 4.74 Å². The fourth-order valence-electron chi connectivity index (χ4n) is 4.72. The molecular weight excluding hydrogens is 420 g/mol. The summed E-state index contributed by atoms with van der Waals surface area (Å²) in [5.74, 6) is 0.724. The van der Waals surface area contributed by atoms with Crippen molar-refractivity contribution < 1.29 is 14.3 Å². The number of carbonyl (C=O) groups is 2. The van der Waals surface area contributed by atoms with Crippen molar-refractivity contribution in [3.8, 4) is 0 Å². The molecule has 2 aromatic carbocycles. The van der Waals surface area contributed by atoms with Gasteiger partial charge in [0.15, 0.2) is 5.82 Å². The van der Waals surface area contributed by atoms with Crippen LogP contribution in [-0.2, 0) is 21.6 Å². The highest BCUT2D eigenvalue weighted by Gasteiger charge is 2.44. The Balaban J connectivity index is 1.43. The zero-order chi connectivity index (χ0) is 23.3. The van der Waals surface area contributed by atoms with Crippen molar-refractivity contribution >= 4 is 28.5 Å². The molecule has 3 aromatic rings. The number of nitrogens with zero attached hydrogens (tertiary/aromatic N) is 5. The lowest BCUT2D eigenvalue weighted by Gasteiger charge is -2.43. The zero-order valence-electron chi connectivity index (χ0n) is 19.2. The molecule has 0 spiro atoms. The summed E-state index contributed by atoms with van der Waals surface area (Å²) in [6.45, 7) is 2.28. The molecule has 0 atom stereocenters. The third-order valence-electron chi connectivity index (χ3n) is 6.51. The molecule has 33 heavy (non-hydrogen) atoms. The second kappa shape index (κ2) is 9.97. The van der Waals surface area contributed by atoms with Gasteiger partial charge in [-0.05, 0) is 34.7 Å². The lowest BCUT2D eigenvalue weighted by atomic mass is 9.79. The summed E-state index contributed by atoms with van der Waals surface area (Å²) < 4.78 is 7.09. The van der Waals surface area contributed by atoms with E-state index in [1.165, 1.54) is 0 Å². The van der Waals surface area contributed by atoms with Crippen LogP contribution in [0.15, 0.2) is 42.5 Å². The normalized spacial score (nSPS) is 15.2. The highest BCUT2D eigenvalue weighted by Crippen LogP contribution is 2.40. The van der Waals surface area contributed by atoms with E-state index < -0.39 is 11.6 Å². The van der Waals surface area contributed by atoms with Crippen LogP contribution < -0.4 is 5.32 Å². The highest BCUT2D eigenvalue weighted by atomic mass is 16.5. The van der Waals surface area contributed by atoms with Gasteiger partial charge in [0.1, 0.15) is 12.1 Å². The third-order valence-corrected chi connectivity index (χ3v) is 6.51. The Morgan fingerprint density at radius 1 is 1.12 bits per heavy atom. The van der Waals surface area contributed by atoms with Gasteiger partial charge in [0.05, 0.1) is 12.2 Å². The highest BCUT2D eigenvalue weighted by molar-refractivity contribution is 6.00. The van der Waals surface area contributed by atoms with Crippen molar-refractivity contribution in [2.75, 3.05) is 19.0 Å². The molecule has 1 aliphatic rings. The van der Waals surface area contributed by atoms with E-state index in [1.807, 2.05) is 61.3 Å². The van der Waals surface area contributed by atoms with Gasteiger partial charge in [-0.3, -0.25) is 10.1 Å². The van der Waals surface area contributed by atoms with E-state index >= 15 is 0 Å². The average Bonchev–Trinajstić information content (AvgIpc) is 3.33. The van der Waals surface area contributed by atoms with Crippen molar-refractivity contribution in [1.29, 1.82) is 0 Å². The molecule has 2 amide bonds. The minimum absolute atomic E-state index is 0.0668. The molecule has 0 saturated heterocycles. The van der Waals surface area contributed by atoms with Crippen LogP contribution >= 0.6 is 0 Å². The van der Waals surface area contributed by atoms with Crippen LogP contribution in [0.4, 0.5) is 10.5 Å². The van der Waals surface area contributed by atoms with Crippen LogP contribution in [0.25, 0.3) is 10.8 Å². The quantitative estimate of drug-likeness (QED) is 0.581. The Hall–Kier alpha value is -3.49. The van der Waals surface area contributed by atoms with Gasteiger partial charge in [-0.2, -0.15) is 0 Å². The smallest absolute Gasteiger partial charge is 0.411 e. The molecule has 1 aromatic heterocycles. The standard InChI is InChI=1S/C24H30N6O3/c1-3-21(31)29(2)24(14-7-4-8-15-24)22-26-27-28-30(22)16-17-33-23(32)25-20-13-9-11-18-10-5-6-12-19(18)20/h5-6,9-13H,3-4,7-8,14-17H2,1-2H3,(H,25,32). The summed E-state index contributed by atoms with van der Waals surface area (Å²) in [7, 11) is 1.84. The van der Waals surface area contributed by atoms with Crippen molar-refractivity contribution in [3.63, 3.8) is 0 Å². The number of hydrogen-bond donors (Lipinski definition) is 1. The number of tetrazole rings is 1.